The number of aromatic nitrogens is 1. The van der Waals surface area contributed by atoms with Crippen LogP contribution in [0.15, 0.2) is 71.8 Å². The maximum Gasteiger partial charge on any atom is 0.270 e. The Kier molecular flexibility index (Phi) is 5.07. The summed E-state index contributed by atoms with van der Waals surface area (Å²) in [5.74, 6) is 0.731. The fraction of sp³-hybridized carbons (Fsp3) is 0.0909. The number of thioether (sulfide) groups is 1. The predicted molar refractivity (Wildman–Crippen MR) is 119 cm³/mol. The van der Waals surface area contributed by atoms with Crippen molar-refractivity contribution >= 4 is 46.0 Å². The first-order valence-corrected chi connectivity index (χ1v) is 9.96. The molecule has 4 nitrogen and oxygen atoms in total. The monoisotopic (exact) mass is 406 g/mol. The van der Waals surface area contributed by atoms with Crippen LogP contribution in [-0.2, 0) is 4.79 Å². The number of ether oxygens (including phenoxy) is 1. The summed E-state index contributed by atoms with van der Waals surface area (Å²) >= 11 is 6.76. The number of nitrogens with zero attached hydrogens (tertiary/aromatic N) is 2. The topological polar surface area (TPSA) is 34.5 Å². The Labute approximate surface area is 173 Å². The second kappa shape index (κ2) is 7.66. The summed E-state index contributed by atoms with van der Waals surface area (Å²) in [7, 11) is 1.65. The van der Waals surface area contributed by atoms with E-state index < -0.39 is 0 Å². The number of thiocarbonyl (C=S) groups is 1. The first kappa shape index (κ1) is 18.5. The van der Waals surface area contributed by atoms with Crippen molar-refractivity contribution in [2.75, 3.05) is 12.0 Å². The molecule has 140 valence electrons. The molecule has 0 atom stereocenters. The van der Waals surface area contributed by atoms with Crippen molar-refractivity contribution in [2.45, 2.75) is 6.92 Å². The van der Waals surface area contributed by atoms with Crippen LogP contribution in [0.25, 0.3) is 11.8 Å². The maximum absolute atomic E-state index is 12.9. The molecule has 1 aliphatic rings. The highest BCUT2D eigenvalue weighted by Gasteiger charge is 2.33. The second-order valence-corrected chi connectivity index (χ2v) is 8.01. The van der Waals surface area contributed by atoms with Gasteiger partial charge in [-0.05, 0) is 61.0 Å². The van der Waals surface area contributed by atoms with Crippen LogP contribution in [-0.4, -0.2) is 21.9 Å². The van der Waals surface area contributed by atoms with E-state index in [0.717, 1.165) is 28.4 Å². The number of methoxy groups -OCH3 is 1. The predicted octanol–water partition coefficient (Wildman–Crippen LogP) is 5.20. The van der Waals surface area contributed by atoms with Gasteiger partial charge in [0.05, 0.1) is 17.7 Å². The van der Waals surface area contributed by atoms with Gasteiger partial charge in [0.2, 0.25) is 0 Å². The molecule has 4 rings (SSSR count). The van der Waals surface area contributed by atoms with Crippen LogP contribution in [0.4, 0.5) is 5.69 Å². The van der Waals surface area contributed by atoms with Gasteiger partial charge in [0.15, 0.2) is 4.32 Å². The van der Waals surface area contributed by atoms with Gasteiger partial charge in [-0.2, -0.15) is 0 Å². The van der Waals surface area contributed by atoms with E-state index in [0.29, 0.717) is 9.23 Å². The summed E-state index contributed by atoms with van der Waals surface area (Å²) in [4.78, 5) is 15.1. The number of benzene rings is 2. The first-order valence-electron chi connectivity index (χ1n) is 8.73. The number of aryl methyl sites for hydroxylation is 1. The molecule has 3 aromatic rings. The van der Waals surface area contributed by atoms with Crippen molar-refractivity contribution in [2.24, 2.45) is 0 Å². The molecule has 1 fully saturated rings. The Bertz CT molecular complexity index is 1070. The van der Waals surface area contributed by atoms with E-state index in [2.05, 4.69) is 10.6 Å². The van der Waals surface area contributed by atoms with Crippen LogP contribution in [0.3, 0.4) is 0 Å². The fourth-order valence-electron chi connectivity index (χ4n) is 3.12. The number of rotatable bonds is 4. The van der Waals surface area contributed by atoms with Gasteiger partial charge in [-0.1, -0.05) is 42.2 Å². The van der Waals surface area contributed by atoms with Gasteiger partial charge in [-0.25, -0.2) is 0 Å². The van der Waals surface area contributed by atoms with Gasteiger partial charge in [-0.3, -0.25) is 9.69 Å². The Morgan fingerprint density at radius 2 is 1.75 bits per heavy atom. The number of para-hydroxylation sites is 1. The Hall–Kier alpha value is -2.83. The van der Waals surface area contributed by atoms with Gasteiger partial charge in [0, 0.05) is 17.6 Å². The Morgan fingerprint density at radius 3 is 2.43 bits per heavy atom. The number of amides is 1. The highest BCUT2D eigenvalue weighted by molar-refractivity contribution is 8.27. The van der Waals surface area contributed by atoms with Crippen LogP contribution in [0, 0.1) is 6.92 Å². The average Bonchev–Trinajstić information content (AvgIpc) is 3.21. The zero-order valence-corrected chi connectivity index (χ0v) is 17.1. The average molecular weight is 407 g/mol. The molecule has 2 aromatic carbocycles. The van der Waals surface area contributed by atoms with Crippen LogP contribution in [0.5, 0.6) is 5.75 Å². The summed E-state index contributed by atoms with van der Waals surface area (Å²) in [5.41, 5.74) is 3.87. The van der Waals surface area contributed by atoms with Gasteiger partial charge in [0.25, 0.3) is 5.91 Å². The summed E-state index contributed by atoms with van der Waals surface area (Å²) < 4.78 is 7.86. The lowest BCUT2D eigenvalue weighted by atomic mass is 10.2. The standard InChI is InChI=1S/C22H18N2O2S2/c1-15-12-16(14-23(15)17-8-10-19(26-2)11-9-17)13-20-21(25)24(22(27)28-20)18-6-4-3-5-7-18/h3-14H,1-2H3/b20-13+. The van der Waals surface area contributed by atoms with Crippen molar-refractivity contribution in [3.63, 3.8) is 0 Å². The van der Waals surface area contributed by atoms with Gasteiger partial charge < -0.3 is 9.30 Å². The van der Waals surface area contributed by atoms with Crippen LogP contribution in [0.1, 0.15) is 11.3 Å². The minimum absolute atomic E-state index is 0.0870. The smallest absolute Gasteiger partial charge is 0.270 e. The summed E-state index contributed by atoms with van der Waals surface area (Å²) in [6.07, 6.45) is 3.92. The van der Waals surface area contributed by atoms with E-state index in [4.69, 9.17) is 17.0 Å². The lowest BCUT2D eigenvalue weighted by Crippen LogP contribution is -2.27. The molecule has 0 N–H and O–H groups in total. The van der Waals surface area contributed by atoms with E-state index in [9.17, 15) is 4.79 Å². The summed E-state index contributed by atoms with van der Waals surface area (Å²) in [5, 5.41) is 0. The first-order chi connectivity index (χ1) is 13.6. The Morgan fingerprint density at radius 1 is 1.04 bits per heavy atom. The Balaban J connectivity index is 1.63. The molecule has 0 spiro atoms. The highest BCUT2D eigenvalue weighted by atomic mass is 32.2. The van der Waals surface area contributed by atoms with Crippen molar-refractivity contribution in [1.82, 2.24) is 4.57 Å². The van der Waals surface area contributed by atoms with Gasteiger partial charge in [-0.15, -0.1) is 0 Å². The third kappa shape index (κ3) is 3.48. The lowest BCUT2D eigenvalue weighted by Gasteiger charge is -2.13. The number of carbonyl (C=O) groups is 1. The van der Waals surface area contributed by atoms with E-state index in [1.165, 1.54) is 11.8 Å². The van der Waals surface area contributed by atoms with Gasteiger partial charge in [0.1, 0.15) is 5.75 Å². The van der Waals surface area contributed by atoms with Crippen molar-refractivity contribution < 1.29 is 9.53 Å². The summed E-state index contributed by atoms with van der Waals surface area (Å²) in [6, 6.07) is 19.4. The molecular weight excluding hydrogens is 388 g/mol. The molecule has 28 heavy (non-hydrogen) atoms. The van der Waals surface area contributed by atoms with Crippen molar-refractivity contribution in [1.29, 1.82) is 0 Å². The molecule has 2 heterocycles. The van der Waals surface area contributed by atoms with E-state index >= 15 is 0 Å². The van der Waals surface area contributed by atoms with Gasteiger partial charge >= 0.3 is 0 Å². The number of carbonyl (C=O) groups excluding carboxylic acids is 1. The molecule has 1 aliphatic heterocycles. The second-order valence-electron chi connectivity index (χ2n) is 6.34. The number of hydrogen-bond acceptors (Lipinski definition) is 4. The molecule has 1 saturated heterocycles. The fourth-order valence-corrected chi connectivity index (χ4v) is 4.42. The largest absolute Gasteiger partial charge is 0.497 e. The molecule has 0 unspecified atom stereocenters. The third-order valence-corrected chi connectivity index (χ3v) is 5.79. The minimum atomic E-state index is -0.0870. The van der Waals surface area contributed by atoms with E-state index in [-0.39, 0.29) is 5.91 Å². The van der Waals surface area contributed by atoms with Crippen molar-refractivity contribution in [3.8, 4) is 11.4 Å². The lowest BCUT2D eigenvalue weighted by molar-refractivity contribution is -0.113. The number of anilines is 1. The van der Waals surface area contributed by atoms with Crippen LogP contribution in [0.2, 0.25) is 0 Å². The molecule has 0 saturated carbocycles. The van der Waals surface area contributed by atoms with E-state index in [1.807, 2.05) is 73.8 Å². The molecular formula is C22H18N2O2S2. The quantitative estimate of drug-likeness (QED) is 0.441. The minimum Gasteiger partial charge on any atom is -0.497 e. The van der Waals surface area contributed by atoms with E-state index in [1.54, 1.807) is 12.0 Å². The molecule has 1 amide bonds. The summed E-state index contributed by atoms with van der Waals surface area (Å²) in [6.45, 7) is 2.04. The zero-order chi connectivity index (χ0) is 19.7. The normalized spacial score (nSPS) is 15.5. The number of hydrogen-bond donors (Lipinski definition) is 0. The maximum atomic E-state index is 12.9. The van der Waals surface area contributed by atoms with Crippen molar-refractivity contribution in [3.05, 3.63) is 83.0 Å². The third-order valence-electron chi connectivity index (χ3n) is 4.49. The molecule has 0 bridgehead atoms. The molecule has 1 aromatic heterocycles. The molecule has 0 radical (unpaired) electrons. The molecule has 0 aliphatic carbocycles. The van der Waals surface area contributed by atoms with Crippen LogP contribution >= 0.6 is 24.0 Å². The van der Waals surface area contributed by atoms with Crippen LogP contribution < -0.4 is 9.64 Å². The SMILES string of the molecule is COc1ccc(-n2cc(/C=C3/SC(=S)N(c4ccccc4)C3=O)cc2C)cc1. The molecule has 6 heteroatoms. The highest BCUT2D eigenvalue weighted by Crippen LogP contribution is 2.36. The zero-order valence-electron chi connectivity index (χ0n) is 15.5.